The molecule has 1 saturated heterocycles. The molecule has 19 heavy (non-hydrogen) atoms. The number of nitrogens with one attached hydrogen (secondary N) is 1. The van der Waals surface area contributed by atoms with Gasteiger partial charge in [-0.05, 0) is 49.9 Å². The Kier molecular flexibility index (Phi) is 4.48. The van der Waals surface area contributed by atoms with E-state index in [-0.39, 0.29) is 5.54 Å². The van der Waals surface area contributed by atoms with Crippen molar-refractivity contribution in [3.63, 3.8) is 0 Å². The Morgan fingerprint density at radius 3 is 2.79 bits per heavy atom. The van der Waals surface area contributed by atoms with Gasteiger partial charge in [-0.15, -0.1) is 0 Å². The topological polar surface area (TPSA) is 31.4 Å². The molecule has 0 aromatic carbocycles. The lowest BCUT2D eigenvalue weighted by atomic mass is 9.99. The second-order valence-electron chi connectivity index (χ2n) is 5.82. The van der Waals surface area contributed by atoms with Gasteiger partial charge < -0.3 is 10.2 Å². The van der Waals surface area contributed by atoms with Crippen molar-refractivity contribution in [3.05, 3.63) is 22.3 Å². The summed E-state index contributed by atoms with van der Waals surface area (Å²) in [4.78, 5) is 9.45. The van der Waals surface area contributed by atoms with E-state index in [2.05, 4.69) is 63.0 Å². The average Bonchev–Trinajstić information content (AvgIpc) is 2.33. The molecule has 4 nitrogen and oxygen atoms in total. The Morgan fingerprint density at radius 1 is 1.42 bits per heavy atom. The van der Waals surface area contributed by atoms with E-state index >= 15 is 0 Å². The lowest BCUT2D eigenvalue weighted by molar-refractivity contribution is 0.138. The number of hydrogen-bond acceptors (Lipinski definition) is 4. The zero-order chi connectivity index (χ0) is 14.0. The van der Waals surface area contributed by atoms with Crippen molar-refractivity contribution in [2.45, 2.75) is 25.9 Å². The maximum Gasteiger partial charge on any atom is 0.133 e. The minimum Gasteiger partial charge on any atom is -0.353 e. The van der Waals surface area contributed by atoms with Gasteiger partial charge in [-0.1, -0.05) is 0 Å². The minimum absolute atomic E-state index is 0.184. The number of halogens is 1. The predicted molar refractivity (Wildman–Crippen MR) is 83.6 cm³/mol. The Bertz CT molecular complexity index is 447. The summed E-state index contributed by atoms with van der Waals surface area (Å²) in [6.45, 7) is 8.53. The number of aromatic nitrogens is 1. The summed E-state index contributed by atoms with van der Waals surface area (Å²) < 4.78 is 1.04. The van der Waals surface area contributed by atoms with Crippen LogP contribution in [0, 0.1) is 0 Å². The molecule has 1 aliphatic rings. The first-order chi connectivity index (χ1) is 8.94. The highest BCUT2D eigenvalue weighted by molar-refractivity contribution is 9.10. The first kappa shape index (κ1) is 14.8. The number of rotatable bonds is 3. The number of hydrogen-bond donors (Lipinski definition) is 1. The van der Waals surface area contributed by atoms with Crippen LogP contribution in [0.25, 0.3) is 0 Å². The summed E-state index contributed by atoms with van der Waals surface area (Å²) in [7, 11) is 4.17. The third kappa shape index (κ3) is 3.27. The van der Waals surface area contributed by atoms with Crippen LogP contribution in [0.15, 0.2) is 16.7 Å². The van der Waals surface area contributed by atoms with Gasteiger partial charge in [0.05, 0.1) is 0 Å². The predicted octanol–water partition coefficient (Wildman–Crippen LogP) is 2.09. The van der Waals surface area contributed by atoms with Gasteiger partial charge in [0.1, 0.15) is 5.82 Å². The van der Waals surface area contributed by atoms with Gasteiger partial charge in [0.15, 0.2) is 0 Å². The summed E-state index contributed by atoms with van der Waals surface area (Å²) in [6, 6.07) is 2.16. The van der Waals surface area contributed by atoms with Gasteiger partial charge in [0, 0.05) is 48.0 Å². The van der Waals surface area contributed by atoms with Crippen LogP contribution in [0.4, 0.5) is 5.82 Å². The van der Waals surface area contributed by atoms with Crippen molar-refractivity contribution in [2.24, 2.45) is 0 Å². The van der Waals surface area contributed by atoms with Gasteiger partial charge >= 0.3 is 0 Å². The van der Waals surface area contributed by atoms with E-state index in [1.807, 2.05) is 13.2 Å². The van der Waals surface area contributed by atoms with E-state index in [0.29, 0.717) is 0 Å². The van der Waals surface area contributed by atoms with E-state index in [0.717, 1.165) is 36.5 Å². The molecule has 0 bridgehead atoms. The van der Waals surface area contributed by atoms with Gasteiger partial charge in [-0.2, -0.15) is 0 Å². The zero-order valence-electron chi connectivity index (χ0n) is 12.2. The highest BCUT2D eigenvalue weighted by Gasteiger charge is 2.32. The smallest absolute Gasteiger partial charge is 0.133 e. The van der Waals surface area contributed by atoms with Crippen molar-refractivity contribution in [3.8, 4) is 0 Å². The van der Waals surface area contributed by atoms with Crippen molar-refractivity contribution >= 4 is 21.7 Å². The molecule has 1 aromatic heterocycles. The second-order valence-corrected chi connectivity index (χ2v) is 6.74. The number of nitrogens with zero attached hydrogens (tertiary/aromatic N) is 3. The monoisotopic (exact) mass is 326 g/mol. The molecule has 0 saturated carbocycles. The molecule has 1 aromatic rings. The van der Waals surface area contributed by atoms with Crippen molar-refractivity contribution in [1.29, 1.82) is 0 Å². The molecule has 0 aliphatic carbocycles. The molecular weight excluding hydrogens is 304 g/mol. The summed E-state index contributed by atoms with van der Waals surface area (Å²) >= 11 is 3.51. The van der Waals surface area contributed by atoms with Crippen LogP contribution in [0.3, 0.4) is 0 Å². The molecule has 1 fully saturated rings. The molecule has 0 spiro atoms. The molecule has 2 rings (SSSR count). The van der Waals surface area contributed by atoms with Crippen LogP contribution in [0.1, 0.15) is 19.4 Å². The SMILES string of the molecule is CNCc1cc(Br)cnc1N1CCN(C)C(C)(C)C1. The fourth-order valence-electron chi connectivity index (χ4n) is 2.50. The Balaban J connectivity index is 2.26. The lowest BCUT2D eigenvalue weighted by Gasteiger charge is -2.46. The Morgan fingerprint density at radius 2 is 2.16 bits per heavy atom. The van der Waals surface area contributed by atoms with Crippen LogP contribution < -0.4 is 10.2 Å². The van der Waals surface area contributed by atoms with Crippen LogP contribution in [-0.4, -0.2) is 49.2 Å². The summed E-state index contributed by atoms with van der Waals surface area (Å²) in [5.74, 6) is 1.11. The lowest BCUT2D eigenvalue weighted by Crippen LogP contribution is -2.58. The third-order valence-corrected chi connectivity index (χ3v) is 4.33. The van der Waals surface area contributed by atoms with E-state index in [1.54, 1.807) is 0 Å². The normalized spacial score (nSPS) is 19.7. The van der Waals surface area contributed by atoms with Crippen molar-refractivity contribution in [2.75, 3.05) is 38.6 Å². The van der Waals surface area contributed by atoms with E-state index < -0.39 is 0 Å². The van der Waals surface area contributed by atoms with Gasteiger partial charge in [0.25, 0.3) is 0 Å². The first-order valence-electron chi connectivity index (χ1n) is 6.69. The Labute approximate surface area is 124 Å². The molecule has 0 radical (unpaired) electrons. The fraction of sp³-hybridized carbons (Fsp3) is 0.643. The van der Waals surface area contributed by atoms with Gasteiger partial charge in [-0.25, -0.2) is 4.98 Å². The summed E-state index contributed by atoms with van der Waals surface area (Å²) in [5, 5.41) is 3.22. The molecule has 0 unspecified atom stereocenters. The van der Waals surface area contributed by atoms with Crippen LogP contribution in [0.5, 0.6) is 0 Å². The zero-order valence-corrected chi connectivity index (χ0v) is 13.8. The molecule has 1 aliphatic heterocycles. The van der Waals surface area contributed by atoms with E-state index in [4.69, 9.17) is 0 Å². The van der Waals surface area contributed by atoms with Crippen LogP contribution >= 0.6 is 15.9 Å². The first-order valence-corrected chi connectivity index (χ1v) is 7.48. The third-order valence-electron chi connectivity index (χ3n) is 3.89. The van der Waals surface area contributed by atoms with E-state index in [9.17, 15) is 0 Å². The molecule has 106 valence electrons. The summed E-state index contributed by atoms with van der Waals surface area (Å²) in [5.41, 5.74) is 1.43. The maximum absolute atomic E-state index is 4.63. The molecule has 1 N–H and O–H groups in total. The summed E-state index contributed by atoms with van der Waals surface area (Å²) in [6.07, 6.45) is 1.89. The number of anilines is 1. The van der Waals surface area contributed by atoms with Crippen LogP contribution in [0.2, 0.25) is 0 Å². The molecule has 0 amide bonds. The van der Waals surface area contributed by atoms with Crippen molar-refractivity contribution < 1.29 is 0 Å². The van der Waals surface area contributed by atoms with Crippen molar-refractivity contribution in [1.82, 2.24) is 15.2 Å². The number of piperazine rings is 1. The number of likely N-dealkylation sites (N-methyl/N-ethyl adjacent to an activating group) is 1. The van der Waals surface area contributed by atoms with Gasteiger partial charge in [-0.3, -0.25) is 4.90 Å². The maximum atomic E-state index is 4.63. The highest BCUT2D eigenvalue weighted by Crippen LogP contribution is 2.27. The second kappa shape index (κ2) is 5.77. The quantitative estimate of drug-likeness (QED) is 0.921. The highest BCUT2D eigenvalue weighted by atomic mass is 79.9. The Hall–Kier alpha value is -0.650. The van der Waals surface area contributed by atoms with Gasteiger partial charge in [0.2, 0.25) is 0 Å². The molecular formula is C14H23BrN4. The van der Waals surface area contributed by atoms with E-state index in [1.165, 1.54) is 5.56 Å². The molecule has 5 heteroatoms. The average molecular weight is 327 g/mol. The minimum atomic E-state index is 0.184. The van der Waals surface area contributed by atoms with Crippen LogP contribution in [-0.2, 0) is 6.54 Å². The standard InChI is InChI=1S/C14H23BrN4/c1-14(2)10-19(6-5-18(14)4)13-11(8-16-3)7-12(15)9-17-13/h7,9,16H,5-6,8,10H2,1-4H3. The molecule has 2 heterocycles. The largest absolute Gasteiger partial charge is 0.353 e. The molecule has 0 atom stereocenters. The number of pyridine rings is 1. The fourth-order valence-corrected chi connectivity index (χ4v) is 2.88.